The van der Waals surface area contributed by atoms with Gasteiger partial charge in [0.25, 0.3) is 5.91 Å². The molecule has 11 heteroatoms. The van der Waals surface area contributed by atoms with Crippen LogP contribution < -0.4 is 10.5 Å². The van der Waals surface area contributed by atoms with Crippen LogP contribution in [0.3, 0.4) is 0 Å². The number of nitrogens with one attached hydrogen (secondary N) is 1. The molecule has 0 aliphatic rings. The highest BCUT2D eigenvalue weighted by Gasteiger charge is 2.25. The zero-order chi connectivity index (χ0) is 18.8. The standard InChI is InChI=1S/C14H12ClFN2O5S2/c1-7(13(19)18-8-2-3-10(16)9(15)6-8)23-14(20)12-11(4-5-24-12)25(17,21)22/h2-7H,1H3,(H,18,19)(H2,17,21,22)/t7-/m1/s1. The summed E-state index contributed by atoms with van der Waals surface area (Å²) < 4.78 is 40.8. The van der Waals surface area contributed by atoms with Crippen LogP contribution in [0.2, 0.25) is 5.02 Å². The quantitative estimate of drug-likeness (QED) is 0.739. The zero-order valence-electron chi connectivity index (χ0n) is 12.7. The maximum absolute atomic E-state index is 13.1. The monoisotopic (exact) mass is 406 g/mol. The van der Waals surface area contributed by atoms with Gasteiger partial charge in [-0.25, -0.2) is 22.7 Å². The van der Waals surface area contributed by atoms with Crippen LogP contribution in [-0.4, -0.2) is 26.4 Å². The first-order valence-electron chi connectivity index (χ1n) is 6.67. The van der Waals surface area contributed by atoms with Gasteiger partial charge in [0.1, 0.15) is 15.6 Å². The molecule has 3 N–H and O–H groups in total. The van der Waals surface area contributed by atoms with E-state index in [-0.39, 0.29) is 20.5 Å². The van der Waals surface area contributed by atoms with E-state index in [1.165, 1.54) is 30.5 Å². The van der Waals surface area contributed by atoms with E-state index in [0.717, 1.165) is 17.4 Å². The first kappa shape index (κ1) is 19.3. The van der Waals surface area contributed by atoms with Gasteiger partial charge in [-0.05, 0) is 36.6 Å². The summed E-state index contributed by atoms with van der Waals surface area (Å²) in [6.45, 7) is 1.29. The Hall–Kier alpha value is -2.01. The largest absolute Gasteiger partial charge is 0.448 e. The Labute approximate surface area is 151 Å². The van der Waals surface area contributed by atoms with Gasteiger partial charge in [-0.3, -0.25) is 4.79 Å². The van der Waals surface area contributed by atoms with E-state index in [4.69, 9.17) is 21.5 Å². The lowest BCUT2D eigenvalue weighted by molar-refractivity contribution is -0.123. The molecular formula is C14H12ClFN2O5S2. The summed E-state index contributed by atoms with van der Waals surface area (Å²) in [6.07, 6.45) is -1.24. The number of carbonyl (C=O) groups is 2. The molecule has 0 unspecified atom stereocenters. The normalized spacial score (nSPS) is 12.5. The fraction of sp³-hybridized carbons (Fsp3) is 0.143. The van der Waals surface area contributed by atoms with Crippen molar-refractivity contribution in [3.05, 3.63) is 45.4 Å². The average Bonchev–Trinajstić information content (AvgIpc) is 3.00. The van der Waals surface area contributed by atoms with E-state index in [1.54, 1.807) is 0 Å². The molecule has 0 saturated heterocycles. The molecule has 1 aromatic carbocycles. The van der Waals surface area contributed by atoms with E-state index < -0.39 is 33.8 Å². The van der Waals surface area contributed by atoms with E-state index in [0.29, 0.717) is 0 Å². The summed E-state index contributed by atoms with van der Waals surface area (Å²) in [6, 6.07) is 4.72. The van der Waals surface area contributed by atoms with Gasteiger partial charge >= 0.3 is 5.97 Å². The summed E-state index contributed by atoms with van der Waals surface area (Å²) in [5.74, 6) is -2.35. The highest BCUT2D eigenvalue weighted by Crippen LogP contribution is 2.23. The molecular weight excluding hydrogens is 395 g/mol. The number of anilines is 1. The second kappa shape index (κ2) is 7.48. The number of nitrogens with two attached hydrogens (primary N) is 1. The molecule has 7 nitrogen and oxygen atoms in total. The Morgan fingerprint density at radius 2 is 2.04 bits per heavy atom. The molecule has 0 bridgehead atoms. The Morgan fingerprint density at radius 3 is 2.64 bits per heavy atom. The molecule has 0 aliphatic heterocycles. The van der Waals surface area contributed by atoms with Gasteiger partial charge in [0.05, 0.1) is 5.02 Å². The molecule has 1 amide bonds. The van der Waals surface area contributed by atoms with Crippen LogP contribution in [0.1, 0.15) is 16.6 Å². The first-order chi connectivity index (χ1) is 11.6. The molecule has 0 radical (unpaired) electrons. The van der Waals surface area contributed by atoms with Crippen LogP contribution >= 0.6 is 22.9 Å². The number of carbonyl (C=O) groups excluding carboxylic acids is 2. The molecule has 1 heterocycles. The van der Waals surface area contributed by atoms with Crippen molar-refractivity contribution in [2.24, 2.45) is 5.14 Å². The van der Waals surface area contributed by atoms with E-state index >= 15 is 0 Å². The van der Waals surface area contributed by atoms with Gasteiger partial charge in [0, 0.05) is 5.69 Å². The lowest BCUT2D eigenvalue weighted by Crippen LogP contribution is -2.30. The number of esters is 1. The number of hydrogen-bond donors (Lipinski definition) is 2. The van der Waals surface area contributed by atoms with Crippen LogP contribution in [-0.2, 0) is 19.6 Å². The van der Waals surface area contributed by atoms with Crippen molar-refractivity contribution in [2.45, 2.75) is 17.9 Å². The Bertz CT molecular complexity index is 929. The van der Waals surface area contributed by atoms with Crippen LogP contribution in [0.4, 0.5) is 10.1 Å². The van der Waals surface area contributed by atoms with Gasteiger partial charge in [-0.2, -0.15) is 0 Å². The van der Waals surface area contributed by atoms with Crippen molar-refractivity contribution in [1.29, 1.82) is 0 Å². The Balaban J connectivity index is 2.07. The van der Waals surface area contributed by atoms with Crippen molar-refractivity contribution in [3.8, 4) is 0 Å². The number of amides is 1. The number of ether oxygens (including phenoxy) is 1. The van der Waals surface area contributed by atoms with Crippen molar-refractivity contribution in [2.75, 3.05) is 5.32 Å². The third kappa shape index (κ3) is 4.75. The Kier molecular flexibility index (Phi) is 5.78. The SMILES string of the molecule is C[C@@H](OC(=O)c1sccc1S(N)(=O)=O)C(=O)Nc1ccc(F)c(Cl)c1. The van der Waals surface area contributed by atoms with E-state index in [1.807, 2.05) is 0 Å². The van der Waals surface area contributed by atoms with Crippen molar-refractivity contribution in [3.63, 3.8) is 0 Å². The molecule has 0 aliphatic carbocycles. The summed E-state index contributed by atoms with van der Waals surface area (Å²) in [5.41, 5.74) is 0.209. The van der Waals surface area contributed by atoms with E-state index in [9.17, 15) is 22.4 Å². The summed E-state index contributed by atoms with van der Waals surface area (Å²) in [4.78, 5) is 23.5. The molecule has 1 atom stereocenters. The maximum atomic E-state index is 13.1. The highest BCUT2D eigenvalue weighted by atomic mass is 35.5. The minimum absolute atomic E-state index is 0.182. The summed E-state index contributed by atoms with van der Waals surface area (Å²) in [7, 11) is -4.09. The molecule has 0 spiro atoms. The maximum Gasteiger partial charge on any atom is 0.350 e. The number of rotatable bonds is 5. The van der Waals surface area contributed by atoms with Gasteiger partial charge in [0.15, 0.2) is 6.10 Å². The van der Waals surface area contributed by atoms with Gasteiger partial charge in [0.2, 0.25) is 10.0 Å². The number of primary sulfonamides is 1. The third-order valence-corrected chi connectivity index (χ3v) is 5.23. The van der Waals surface area contributed by atoms with Crippen LogP contribution in [0.15, 0.2) is 34.5 Å². The van der Waals surface area contributed by atoms with Crippen LogP contribution in [0.25, 0.3) is 0 Å². The van der Waals surface area contributed by atoms with Crippen LogP contribution in [0, 0.1) is 5.82 Å². The van der Waals surface area contributed by atoms with Crippen molar-refractivity contribution >= 4 is 50.5 Å². The average molecular weight is 407 g/mol. The number of hydrogen-bond acceptors (Lipinski definition) is 6. The van der Waals surface area contributed by atoms with Gasteiger partial charge in [-0.15, -0.1) is 11.3 Å². The smallest absolute Gasteiger partial charge is 0.350 e. The lowest BCUT2D eigenvalue weighted by Gasteiger charge is -2.13. The molecule has 2 aromatic rings. The molecule has 0 saturated carbocycles. The topological polar surface area (TPSA) is 116 Å². The minimum atomic E-state index is -4.09. The lowest BCUT2D eigenvalue weighted by atomic mass is 10.3. The number of benzene rings is 1. The van der Waals surface area contributed by atoms with Crippen molar-refractivity contribution < 1.29 is 27.1 Å². The predicted octanol–water partition coefficient (Wildman–Crippen LogP) is 2.37. The number of thiophene rings is 1. The van der Waals surface area contributed by atoms with Crippen molar-refractivity contribution in [1.82, 2.24) is 0 Å². The second-order valence-electron chi connectivity index (χ2n) is 4.82. The molecule has 0 fully saturated rings. The zero-order valence-corrected chi connectivity index (χ0v) is 15.0. The first-order valence-corrected chi connectivity index (χ1v) is 9.47. The summed E-state index contributed by atoms with van der Waals surface area (Å²) >= 11 is 6.43. The molecule has 25 heavy (non-hydrogen) atoms. The molecule has 2 rings (SSSR count). The Morgan fingerprint density at radius 1 is 1.36 bits per heavy atom. The number of halogens is 2. The van der Waals surface area contributed by atoms with E-state index in [2.05, 4.69) is 5.32 Å². The highest BCUT2D eigenvalue weighted by molar-refractivity contribution is 7.89. The fourth-order valence-electron chi connectivity index (χ4n) is 1.76. The third-order valence-electron chi connectivity index (χ3n) is 2.96. The van der Waals surface area contributed by atoms with Crippen LogP contribution in [0.5, 0.6) is 0 Å². The summed E-state index contributed by atoms with van der Waals surface area (Å²) in [5, 5.41) is 8.59. The predicted molar refractivity (Wildman–Crippen MR) is 90.6 cm³/mol. The van der Waals surface area contributed by atoms with Gasteiger partial charge < -0.3 is 10.1 Å². The molecule has 1 aromatic heterocycles. The second-order valence-corrected chi connectivity index (χ2v) is 7.68. The molecule has 134 valence electrons. The van der Waals surface area contributed by atoms with Gasteiger partial charge in [-0.1, -0.05) is 11.6 Å². The number of sulfonamides is 1. The minimum Gasteiger partial charge on any atom is -0.448 e. The fourth-order valence-corrected chi connectivity index (χ4v) is 3.78.